The van der Waals surface area contributed by atoms with E-state index in [4.69, 9.17) is 0 Å². The second kappa shape index (κ2) is 10.1. The fraction of sp³-hybridized carbons (Fsp3) is 0.429. The number of benzene rings is 3. The van der Waals surface area contributed by atoms with Crippen LogP contribution in [0.4, 0.5) is 17.6 Å². The van der Waals surface area contributed by atoms with Crippen molar-refractivity contribution < 1.29 is 22.3 Å². The molecule has 1 saturated carbocycles. The lowest BCUT2D eigenvalue weighted by atomic mass is 9.88. The molecule has 0 spiro atoms. The predicted molar refractivity (Wildman–Crippen MR) is 125 cm³/mol. The molecule has 0 aromatic heterocycles. The van der Waals surface area contributed by atoms with Gasteiger partial charge in [-0.25, -0.2) is 4.39 Å². The smallest absolute Gasteiger partial charge is 0.406 e. The Morgan fingerprint density at radius 3 is 2.42 bits per heavy atom. The molecule has 0 unspecified atom stereocenters. The van der Waals surface area contributed by atoms with E-state index < -0.39 is 6.36 Å². The zero-order valence-corrected chi connectivity index (χ0v) is 18.9. The first-order valence-corrected chi connectivity index (χ1v) is 11.9. The van der Waals surface area contributed by atoms with Crippen LogP contribution in [0.5, 0.6) is 5.75 Å². The van der Waals surface area contributed by atoms with Gasteiger partial charge in [0.15, 0.2) is 0 Å². The Morgan fingerprint density at radius 1 is 0.909 bits per heavy atom. The topological polar surface area (TPSA) is 9.23 Å². The second-order valence-corrected chi connectivity index (χ2v) is 9.19. The molecule has 0 N–H and O–H groups in total. The van der Waals surface area contributed by atoms with Gasteiger partial charge < -0.3 is 4.74 Å². The van der Waals surface area contributed by atoms with Crippen molar-refractivity contribution in [2.75, 3.05) is 0 Å². The Kier molecular flexibility index (Phi) is 7.26. The molecule has 1 fully saturated rings. The Hall–Kier alpha value is -2.56. The van der Waals surface area contributed by atoms with Gasteiger partial charge in [-0.3, -0.25) is 0 Å². The van der Waals surface area contributed by atoms with Crippen LogP contribution in [-0.2, 0) is 0 Å². The van der Waals surface area contributed by atoms with Gasteiger partial charge in [-0.05, 0) is 59.7 Å². The molecule has 33 heavy (non-hydrogen) atoms. The van der Waals surface area contributed by atoms with Crippen LogP contribution < -0.4 is 4.74 Å². The molecule has 2 atom stereocenters. The average molecular weight is 459 g/mol. The van der Waals surface area contributed by atoms with E-state index >= 15 is 4.39 Å². The fourth-order valence-electron chi connectivity index (χ4n) is 5.12. The minimum atomic E-state index is -4.75. The van der Waals surface area contributed by atoms with Gasteiger partial charge in [-0.15, -0.1) is 13.2 Å². The Bertz CT molecular complexity index is 1070. The third kappa shape index (κ3) is 5.87. The van der Waals surface area contributed by atoms with Gasteiger partial charge in [0.2, 0.25) is 0 Å². The van der Waals surface area contributed by atoms with Crippen LogP contribution in [0.25, 0.3) is 21.9 Å². The number of ether oxygens (including phenoxy) is 1. The lowest BCUT2D eigenvalue weighted by molar-refractivity contribution is -0.274. The average Bonchev–Trinajstić information content (AvgIpc) is 3.03. The van der Waals surface area contributed by atoms with Crippen LogP contribution in [0.1, 0.15) is 69.8 Å². The number of fused-ring (bicyclic) bond motifs is 1. The summed E-state index contributed by atoms with van der Waals surface area (Å²) in [6.07, 6.45) is 5.35. The molecule has 0 saturated heterocycles. The highest BCUT2D eigenvalue weighted by Crippen LogP contribution is 2.38. The van der Waals surface area contributed by atoms with Crippen molar-refractivity contribution in [2.45, 2.75) is 70.6 Å². The molecule has 176 valence electrons. The quantitative estimate of drug-likeness (QED) is 0.264. The summed E-state index contributed by atoms with van der Waals surface area (Å²) in [5, 5.41) is 1.39. The first-order valence-electron chi connectivity index (χ1n) is 11.9. The number of alkyl halides is 3. The minimum absolute atomic E-state index is 0.322. The monoisotopic (exact) mass is 458 g/mol. The van der Waals surface area contributed by atoms with Crippen molar-refractivity contribution in [3.63, 3.8) is 0 Å². The van der Waals surface area contributed by atoms with E-state index in [2.05, 4.69) is 17.7 Å². The molecule has 1 nitrogen and oxygen atoms in total. The molecule has 0 aliphatic heterocycles. The van der Waals surface area contributed by atoms with Crippen molar-refractivity contribution in [1.29, 1.82) is 0 Å². The minimum Gasteiger partial charge on any atom is -0.406 e. The van der Waals surface area contributed by atoms with Crippen LogP contribution >= 0.6 is 0 Å². The molecule has 0 radical (unpaired) electrons. The predicted octanol–water partition coefficient (Wildman–Crippen LogP) is 9.40. The highest BCUT2D eigenvalue weighted by Gasteiger charge is 2.31. The van der Waals surface area contributed by atoms with E-state index in [1.807, 2.05) is 18.2 Å². The molecule has 3 aromatic carbocycles. The number of unbranched alkanes of at least 4 members (excludes halogenated alkanes) is 1. The molecule has 0 amide bonds. The number of hydrogen-bond acceptors (Lipinski definition) is 1. The largest absolute Gasteiger partial charge is 0.573 e. The molecular formula is C28H30F4O. The summed E-state index contributed by atoms with van der Waals surface area (Å²) in [6.45, 7) is 2.25. The molecule has 5 heteroatoms. The van der Waals surface area contributed by atoms with Gasteiger partial charge in [0, 0.05) is 10.9 Å². The van der Waals surface area contributed by atoms with Crippen molar-refractivity contribution in [2.24, 2.45) is 5.92 Å². The van der Waals surface area contributed by atoms with Crippen molar-refractivity contribution >= 4 is 10.8 Å². The number of rotatable bonds is 6. The van der Waals surface area contributed by atoms with Gasteiger partial charge in [0.1, 0.15) is 11.6 Å². The first-order chi connectivity index (χ1) is 15.8. The van der Waals surface area contributed by atoms with Gasteiger partial charge in [0.05, 0.1) is 0 Å². The molecule has 1 aliphatic carbocycles. The zero-order chi connectivity index (χ0) is 23.4. The van der Waals surface area contributed by atoms with E-state index in [0.29, 0.717) is 22.4 Å². The molecule has 1 aliphatic rings. The van der Waals surface area contributed by atoms with Crippen molar-refractivity contribution in [1.82, 2.24) is 0 Å². The highest BCUT2D eigenvalue weighted by atomic mass is 19.4. The summed E-state index contributed by atoms with van der Waals surface area (Å²) in [5.41, 5.74) is 2.15. The Morgan fingerprint density at radius 2 is 1.70 bits per heavy atom. The van der Waals surface area contributed by atoms with Gasteiger partial charge in [0.25, 0.3) is 0 Å². The first kappa shape index (κ1) is 23.6. The van der Waals surface area contributed by atoms with Crippen LogP contribution in [0.15, 0.2) is 54.6 Å². The van der Waals surface area contributed by atoms with Gasteiger partial charge in [-0.1, -0.05) is 81.5 Å². The lowest BCUT2D eigenvalue weighted by Crippen LogP contribution is -2.16. The maximum absolute atomic E-state index is 15.3. The van der Waals surface area contributed by atoms with Crippen molar-refractivity contribution in [3.05, 3.63) is 66.0 Å². The zero-order valence-electron chi connectivity index (χ0n) is 18.9. The summed E-state index contributed by atoms with van der Waals surface area (Å²) in [7, 11) is 0. The van der Waals surface area contributed by atoms with Gasteiger partial charge in [-0.2, -0.15) is 0 Å². The normalized spacial score (nSPS) is 19.4. The number of halogens is 4. The lowest BCUT2D eigenvalue weighted by Gasteiger charge is -2.17. The molecule has 4 rings (SSSR count). The van der Waals surface area contributed by atoms with E-state index in [9.17, 15) is 13.2 Å². The molecule has 3 aromatic rings. The summed E-state index contributed by atoms with van der Waals surface area (Å²) in [4.78, 5) is 0. The fourth-order valence-corrected chi connectivity index (χ4v) is 5.12. The second-order valence-electron chi connectivity index (χ2n) is 9.19. The summed E-state index contributed by atoms with van der Waals surface area (Å²) in [6, 6.07) is 14.9. The van der Waals surface area contributed by atoms with Crippen LogP contribution in [-0.4, -0.2) is 6.36 Å². The summed E-state index contributed by atoms with van der Waals surface area (Å²) in [5.74, 6) is 0.676. The SMILES string of the molecule is CCCC[C@H]1CCC[C@H](c2ccc3c(F)c(-c4ccc(OC(F)(F)F)cc4)ccc3c2)CC1. The number of hydrogen-bond donors (Lipinski definition) is 0. The molecular weight excluding hydrogens is 428 g/mol. The van der Waals surface area contributed by atoms with Crippen LogP contribution in [0.2, 0.25) is 0 Å². The van der Waals surface area contributed by atoms with E-state index in [1.54, 1.807) is 6.07 Å². The van der Waals surface area contributed by atoms with Crippen LogP contribution in [0.3, 0.4) is 0 Å². The third-order valence-electron chi connectivity index (χ3n) is 6.90. The summed E-state index contributed by atoms with van der Waals surface area (Å²) < 4.78 is 56.4. The van der Waals surface area contributed by atoms with E-state index in [-0.39, 0.29) is 11.6 Å². The highest BCUT2D eigenvalue weighted by molar-refractivity contribution is 5.89. The Labute approximate surface area is 192 Å². The molecule has 0 heterocycles. The Balaban J connectivity index is 1.53. The van der Waals surface area contributed by atoms with Crippen LogP contribution in [0, 0.1) is 11.7 Å². The molecule has 0 bridgehead atoms. The standard InChI is InChI=1S/C28H30F4O/c1-2-3-5-19-6-4-7-20(9-8-19)22-12-16-26-23(18-22)13-17-25(27(26)29)21-10-14-24(15-11-21)33-28(30,31)32/h10-20H,2-9H2,1H3/t19-,20-/m0/s1. The summed E-state index contributed by atoms with van der Waals surface area (Å²) >= 11 is 0. The van der Waals surface area contributed by atoms with E-state index in [1.165, 1.54) is 81.2 Å². The van der Waals surface area contributed by atoms with E-state index in [0.717, 1.165) is 11.3 Å². The maximum atomic E-state index is 15.3. The third-order valence-corrected chi connectivity index (χ3v) is 6.90. The van der Waals surface area contributed by atoms with Crippen molar-refractivity contribution in [3.8, 4) is 16.9 Å². The maximum Gasteiger partial charge on any atom is 0.573 e. The van der Waals surface area contributed by atoms with Gasteiger partial charge >= 0.3 is 6.36 Å².